The number of aliphatic carboxylic acids is 1. The van der Waals surface area contributed by atoms with Crippen molar-refractivity contribution in [2.24, 2.45) is 0 Å². The van der Waals surface area contributed by atoms with Crippen molar-refractivity contribution >= 4 is 11.9 Å². The van der Waals surface area contributed by atoms with Crippen LogP contribution in [0.3, 0.4) is 0 Å². The van der Waals surface area contributed by atoms with Crippen molar-refractivity contribution in [2.75, 3.05) is 0 Å². The number of aryl methyl sites for hydroxylation is 2. The minimum Gasteiger partial charge on any atom is -0.480 e. The van der Waals surface area contributed by atoms with Crippen LogP contribution in [0.2, 0.25) is 0 Å². The first-order valence-corrected chi connectivity index (χ1v) is 7.58. The first kappa shape index (κ1) is 16.7. The second-order valence-corrected chi connectivity index (χ2v) is 5.70. The largest absolute Gasteiger partial charge is 0.480 e. The van der Waals surface area contributed by atoms with E-state index in [1.54, 1.807) is 0 Å². The van der Waals surface area contributed by atoms with E-state index < -0.39 is 12.0 Å². The van der Waals surface area contributed by atoms with Crippen molar-refractivity contribution in [3.8, 4) is 0 Å². The smallest absolute Gasteiger partial charge is 0.326 e. The summed E-state index contributed by atoms with van der Waals surface area (Å²) in [6, 6.07) is 14.2. The molecule has 0 aliphatic carbocycles. The molecule has 0 radical (unpaired) electrons. The van der Waals surface area contributed by atoms with Gasteiger partial charge in [-0.25, -0.2) is 4.79 Å². The fourth-order valence-electron chi connectivity index (χ4n) is 2.58. The number of amides is 1. The Bertz CT molecular complexity index is 675. The average molecular weight is 311 g/mol. The van der Waals surface area contributed by atoms with Crippen molar-refractivity contribution in [3.05, 3.63) is 70.8 Å². The number of hydrogen-bond acceptors (Lipinski definition) is 2. The Morgan fingerprint density at radius 3 is 2.17 bits per heavy atom. The minimum atomic E-state index is -1.02. The number of carbonyl (C=O) groups is 2. The van der Waals surface area contributed by atoms with Crippen LogP contribution >= 0.6 is 0 Å². The van der Waals surface area contributed by atoms with E-state index in [4.69, 9.17) is 0 Å². The van der Waals surface area contributed by atoms with Crippen LogP contribution in [0.5, 0.6) is 0 Å². The topological polar surface area (TPSA) is 66.4 Å². The fourth-order valence-corrected chi connectivity index (χ4v) is 2.58. The first-order valence-electron chi connectivity index (χ1n) is 7.58. The van der Waals surface area contributed by atoms with Gasteiger partial charge in [-0.2, -0.15) is 0 Å². The number of carboxylic acids is 1. The molecule has 2 aromatic rings. The highest BCUT2D eigenvalue weighted by molar-refractivity contribution is 5.85. The van der Waals surface area contributed by atoms with Gasteiger partial charge in [-0.1, -0.05) is 48.5 Å². The zero-order valence-corrected chi connectivity index (χ0v) is 13.4. The molecule has 4 heteroatoms. The molecule has 120 valence electrons. The Morgan fingerprint density at radius 2 is 1.61 bits per heavy atom. The van der Waals surface area contributed by atoms with E-state index >= 15 is 0 Å². The van der Waals surface area contributed by atoms with Crippen molar-refractivity contribution < 1.29 is 14.7 Å². The summed E-state index contributed by atoms with van der Waals surface area (Å²) in [5.74, 6) is -1.30. The summed E-state index contributed by atoms with van der Waals surface area (Å²) in [6.07, 6.45) is 0.464. The molecule has 2 rings (SSSR count). The summed E-state index contributed by atoms with van der Waals surface area (Å²) in [5.41, 5.74) is 3.91. The molecule has 0 saturated carbocycles. The van der Waals surface area contributed by atoms with Gasteiger partial charge in [-0.3, -0.25) is 4.79 Å². The predicted molar refractivity (Wildman–Crippen MR) is 89.3 cm³/mol. The van der Waals surface area contributed by atoms with Crippen molar-refractivity contribution in [1.82, 2.24) is 5.32 Å². The van der Waals surface area contributed by atoms with Gasteiger partial charge in [-0.15, -0.1) is 0 Å². The molecule has 0 aliphatic rings. The quantitative estimate of drug-likeness (QED) is 0.862. The molecule has 1 atom stereocenters. The van der Waals surface area contributed by atoms with Crippen LogP contribution in [0, 0.1) is 13.8 Å². The zero-order valence-electron chi connectivity index (χ0n) is 13.4. The molecule has 0 spiro atoms. The highest BCUT2D eigenvalue weighted by Gasteiger charge is 2.21. The predicted octanol–water partition coefficient (Wildman–Crippen LogP) is 2.66. The maximum Gasteiger partial charge on any atom is 0.326 e. The second-order valence-electron chi connectivity index (χ2n) is 5.70. The van der Waals surface area contributed by atoms with Crippen molar-refractivity contribution in [1.29, 1.82) is 0 Å². The monoisotopic (exact) mass is 311 g/mol. The fraction of sp³-hybridized carbons (Fsp3) is 0.263. The molecule has 2 aromatic carbocycles. The number of nitrogens with one attached hydrogen (secondary N) is 1. The third-order valence-corrected chi connectivity index (χ3v) is 3.90. The lowest BCUT2D eigenvalue weighted by molar-refractivity contribution is -0.141. The van der Waals surface area contributed by atoms with Gasteiger partial charge in [0.05, 0.1) is 6.42 Å². The molecule has 0 heterocycles. The van der Waals surface area contributed by atoms with Crippen molar-refractivity contribution in [2.45, 2.75) is 32.7 Å². The normalized spacial score (nSPS) is 11.7. The number of benzene rings is 2. The molecule has 0 unspecified atom stereocenters. The standard InChI is InChI=1S/C19H21NO3/c1-13-7-6-8-14(2)16(13)12-18(21)20-17(19(22)23)11-15-9-4-3-5-10-15/h3-10,17H,11-12H2,1-2H3,(H,20,21)(H,22,23)/t17-/m0/s1. The summed E-state index contributed by atoms with van der Waals surface area (Å²) in [5, 5.41) is 12.0. The van der Waals surface area contributed by atoms with Gasteiger partial charge in [0.2, 0.25) is 5.91 Å². The average Bonchev–Trinajstić information content (AvgIpc) is 2.51. The third kappa shape index (κ3) is 4.68. The van der Waals surface area contributed by atoms with Crippen LogP contribution in [0.1, 0.15) is 22.3 Å². The van der Waals surface area contributed by atoms with Gasteiger partial charge in [0.15, 0.2) is 0 Å². The molecule has 0 fully saturated rings. The van der Waals surface area contributed by atoms with Gasteiger partial charge in [-0.05, 0) is 36.1 Å². The number of rotatable bonds is 6. The van der Waals surface area contributed by atoms with E-state index in [0.29, 0.717) is 0 Å². The molecule has 0 aliphatic heterocycles. The Kier molecular flexibility index (Phi) is 5.52. The summed E-state index contributed by atoms with van der Waals surface area (Å²) < 4.78 is 0. The van der Waals surface area contributed by atoms with Crippen LogP contribution in [-0.4, -0.2) is 23.0 Å². The number of hydrogen-bond donors (Lipinski definition) is 2. The van der Waals surface area contributed by atoms with Gasteiger partial charge in [0, 0.05) is 6.42 Å². The van der Waals surface area contributed by atoms with Gasteiger partial charge < -0.3 is 10.4 Å². The maximum atomic E-state index is 12.2. The van der Waals surface area contributed by atoms with Gasteiger partial charge in [0.1, 0.15) is 6.04 Å². The molecule has 4 nitrogen and oxygen atoms in total. The Hall–Kier alpha value is -2.62. The van der Waals surface area contributed by atoms with Crippen LogP contribution in [0.4, 0.5) is 0 Å². The number of carboxylic acid groups (broad SMARTS) is 1. The Morgan fingerprint density at radius 1 is 1.00 bits per heavy atom. The van der Waals surface area contributed by atoms with E-state index in [2.05, 4.69) is 5.32 Å². The molecule has 23 heavy (non-hydrogen) atoms. The molecule has 1 amide bonds. The molecular formula is C19H21NO3. The van der Waals surface area contributed by atoms with E-state index in [9.17, 15) is 14.7 Å². The van der Waals surface area contributed by atoms with Crippen molar-refractivity contribution in [3.63, 3.8) is 0 Å². The van der Waals surface area contributed by atoms with E-state index in [1.165, 1.54) is 0 Å². The maximum absolute atomic E-state index is 12.2. The van der Waals surface area contributed by atoms with Gasteiger partial charge >= 0.3 is 5.97 Å². The van der Waals surface area contributed by atoms with Crippen LogP contribution in [0.25, 0.3) is 0 Å². The van der Waals surface area contributed by atoms with E-state index in [1.807, 2.05) is 62.4 Å². The van der Waals surface area contributed by atoms with Gasteiger partial charge in [0.25, 0.3) is 0 Å². The van der Waals surface area contributed by atoms with Crippen LogP contribution < -0.4 is 5.32 Å². The SMILES string of the molecule is Cc1cccc(C)c1CC(=O)N[C@@H](Cc1ccccc1)C(=O)O. The molecule has 0 saturated heterocycles. The lowest BCUT2D eigenvalue weighted by Crippen LogP contribution is -2.43. The zero-order chi connectivity index (χ0) is 16.8. The lowest BCUT2D eigenvalue weighted by Gasteiger charge is -2.16. The minimum absolute atomic E-state index is 0.192. The Labute approximate surface area is 136 Å². The summed E-state index contributed by atoms with van der Waals surface area (Å²) >= 11 is 0. The third-order valence-electron chi connectivity index (χ3n) is 3.90. The van der Waals surface area contributed by atoms with E-state index in [0.717, 1.165) is 22.3 Å². The Balaban J connectivity index is 2.05. The number of carbonyl (C=O) groups excluding carboxylic acids is 1. The molecular weight excluding hydrogens is 290 g/mol. The molecule has 0 bridgehead atoms. The summed E-state index contributed by atoms with van der Waals surface area (Å²) in [7, 11) is 0. The summed E-state index contributed by atoms with van der Waals surface area (Å²) in [4.78, 5) is 23.7. The first-order chi connectivity index (χ1) is 11.0. The summed E-state index contributed by atoms with van der Waals surface area (Å²) in [6.45, 7) is 3.91. The highest BCUT2D eigenvalue weighted by atomic mass is 16.4. The van der Waals surface area contributed by atoms with E-state index in [-0.39, 0.29) is 18.7 Å². The van der Waals surface area contributed by atoms with Crippen LogP contribution in [0.15, 0.2) is 48.5 Å². The molecule has 0 aromatic heterocycles. The van der Waals surface area contributed by atoms with Crippen LogP contribution in [-0.2, 0) is 22.4 Å². The molecule has 2 N–H and O–H groups in total. The lowest BCUT2D eigenvalue weighted by atomic mass is 9.99. The highest BCUT2D eigenvalue weighted by Crippen LogP contribution is 2.14. The second kappa shape index (κ2) is 7.58.